The van der Waals surface area contributed by atoms with Gasteiger partial charge in [-0.15, -0.1) is 10.2 Å². The van der Waals surface area contributed by atoms with E-state index < -0.39 is 10.0 Å². The fraction of sp³-hybridized carbons (Fsp3) is 0.174. The molecule has 9 heteroatoms. The maximum absolute atomic E-state index is 12.8. The molecule has 0 unspecified atom stereocenters. The van der Waals surface area contributed by atoms with Gasteiger partial charge in [0, 0.05) is 23.8 Å². The molecule has 5 rings (SSSR count). The van der Waals surface area contributed by atoms with Gasteiger partial charge >= 0.3 is 0 Å². The molecule has 0 atom stereocenters. The summed E-state index contributed by atoms with van der Waals surface area (Å²) in [5, 5.41) is 15.6. The average molecular weight is 447 g/mol. The number of aromatic nitrogens is 4. The molecule has 1 aliphatic rings. The van der Waals surface area contributed by atoms with Gasteiger partial charge in [-0.05, 0) is 91.4 Å². The second-order valence-corrected chi connectivity index (χ2v) is 9.36. The first-order chi connectivity index (χ1) is 15.6. The molecule has 0 saturated carbocycles. The second-order valence-electron chi connectivity index (χ2n) is 7.67. The predicted octanol–water partition coefficient (Wildman–Crippen LogP) is 4.09. The summed E-state index contributed by atoms with van der Waals surface area (Å²) in [6.07, 6.45) is 7.70. The number of anilines is 3. The molecule has 0 saturated heterocycles. The van der Waals surface area contributed by atoms with E-state index in [1.807, 2.05) is 18.2 Å². The fourth-order valence-electron chi connectivity index (χ4n) is 3.78. The Morgan fingerprint density at radius 2 is 1.62 bits per heavy atom. The lowest BCUT2D eigenvalue weighted by Crippen LogP contribution is -2.14. The molecule has 162 valence electrons. The van der Waals surface area contributed by atoms with Crippen molar-refractivity contribution in [3.05, 3.63) is 84.2 Å². The fourth-order valence-corrected chi connectivity index (χ4v) is 4.89. The molecule has 0 amide bonds. The first-order valence-corrected chi connectivity index (χ1v) is 11.9. The van der Waals surface area contributed by atoms with E-state index in [0.717, 1.165) is 36.9 Å². The Morgan fingerprint density at radius 3 is 2.34 bits per heavy atom. The first-order valence-electron chi connectivity index (χ1n) is 10.4. The van der Waals surface area contributed by atoms with Gasteiger partial charge in [-0.1, -0.05) is 6.07 Å². The van der Waals surface area contributed by atoms with Crippen molar-refractivity contribution in [2.75, 3.05) is 10.0 Å². The van der Waals surface area contributed by atoms with Gasteiger partial charge in [0.05, 0.1) is 4.90 Å². The highest BCUT2D eigenvalue weighted by Gasteiger charge is 2.18. The maximum atomic E-state index is 12.8. The van der Waals surface area contributed by atoms with E-state index in [-0.39, 0.29) is 0 Å². The van der Waals surface area contributed by atoms with Gasteiger partial charge in [0.15, 0.2) is 11.6 Å². The number of hydrogen-bond donors (Lipinski definition) is 2. The van der Waals surface area contributed by atoms with Crippen molar-refractivity contribution in [3.8, 4) is 5.82 Å². The molecule has 2 heterocycles. The van der Waals surface area contributed by atoms with Crippen molar-refractivity contribution in [2.24, 2.45) is 0 Å². The predicted molar refractivity (Wildman–Crippen MR) is 123 cm³/mol. The van der Waals surface area contributed by atoms with E-state index in [1.165, 1.54) is 5.56 Å². The minimum Gasteiger partial charge on any atom is -0.339 e. The molecule has 0 bridgehead atoms. The summed E-state index contributed by atoms with van der Waals surface area (Å²) in [5.74, 6) is 1.19. The number of nitrogens with one attached hydrogen (secondary N) is 2. The van der Waals surface area contributed by atoms with Crippen LogP contribution in [0.3, 0.4) is 0 Å². The van der Waals surface area contributed by atoms with E-state index in [9.17, 15) is 8.42 Å². The Kier molecular flexibility index (Phi) is 5.32. The summed E-state index contributed by atoms with van der Waals surface area (Å²) in [6.45, 7) is 0. The van der Waals surface area contributed by atoms with Crippen LogP contribution in [0, 0.1) is 0 Å². The molecular formula is C23H22N6O2S. The highest BCUT2D eigenvalue weighted by Crippen LogP contribution is 2.26. The first kappa shape index (κ1) is 20.2. The molecule has 2 N–H and O–H groups in total. The van der Waals surface area contributed by atoms with Crippen LogP contribution < -0.4 is 10.0 Å². The summed E-state index contributed by atoms with van der Waals surface area (Å²) in [6, 6.07) is 17.9. The summed E-state index contributed by atoms with van der Waals surface area (Å²) in [5.41, 5.74) is 3.65. The van der Waals surface area contributed by atoms with Crippen LogP contribution in [0.15, 0.2) is 78.0 Å². The van der Waals surface area contributed by atoms with Crippen molar-refractivity contribution in [2.45, 2.75) is 30.6 Å². The van der Waals surface area contributed by atoms with Gasteiger partial charge in [0.25, 0.3) is 10.0 Å². The number of hydrogen-bond acceptors (Lipinski definition) is 6. The molecule has 2 aromatic carbocycles. The summed E-state index contributed by atoms with van der Waals surface area (Å²) < 4.78 is 30.0. The third kappa shape index (κ3) is 4.33. The van der Waals surface area contributed by atoms with Crippen molar-refractivity contribution in [1.82, 2.24) is 20.0 Å². The van der Waals surface area contributed by atoms with Gasteiger partial charge in [-0.2, -0.15) is 5.10 Å². The number of nitrogens with zero attached hydrogens (tertiary/aromatic N) is 4. The minimum atomic E-state index is -3.65. The Labute approximate surface area is 186 Å². The van der Waals surface area contributed by atoms with Crippen LogP contribution >= 0.6 is 0 Å². The summed E-state index contributed by atoms with van der Waals surface area (Å²) in [4.78, 5) is 0.299. The zero-order valence-electron chi connectivity index (χ0n) is 17.3. The second kappa shape index (κ2) is 8.43. The molecule has 32 heavy (non-hydrogen) atoms. The van der Waals surface area contributed by atoms with E-state index in [0.29, 0.717) is 22.2 Å². The van der Waals surface area contributed by atoms with Crippen LogP contribution in [-0.2, 0) is 22.9 Å². The van der Waals surface area contributed by atoms with Crippen molar-refractivity contribution >= 4 is 27.2 Å². The highest BCUT2D eigenvalue weighted by molar-refractivity contribution is 7.92. The lowest BCUT2D eigenvalue weighted by molar-refractivity contribution is 0.600. The number of rotatable bonds is 6. The number of fused-ring (bicyclic) bond motifs is 1. The molecule has 2 aromatic heterocycles. The molecule has 8 nitrogen and oxygen atoms in total. The van der Waals surface area contributed by atoms with Crippen molar-refractivity contribution < 1.29 is 8.42 Å². The normalized spacial score (nSPS) is 13.4. The van der Waals surface area contributed by atoms with E-state index in [2.05, 4.69) is 25.3 Å². The van der Waals surface area contributed by atoms with Crippen LogP contribution in [0.1, 0.15) is 24.0 Å². The molecule has 0 spiro atoms. The smallest absolute Gasteiger partial charge is 0.261 e. The molecule has 4 aromatic rings. The Bertz CT molecular complexity index is 1320. The van der Waals surface area contributed by atoms with Crippen molar-refractivity contribution in [3.63, 3.8) is 0 Å². The lowest BCUT2D eigenvalue weighted by atomic mass is 9.92. The van der Waals surface area contributed by atoms with E-state index in [4.69, 9.17) is 0 Å². The van der Waals surface area contributed by atoms with Gasteiger partial charge in [-0.25, -0.2) is 13.1 Å². The highest BCUT2D eigenvalue weighted by atomic mass is 32.2. The summed E-state index contributed by atoms with van der Waals surface area (Å²) >= 11 is 0. The van der Waals surface area contributed by atoms with Gasteiger partial charge in [0.1, 0.15) is 0 Å². The molecule has 0 fully saturated rings. The number of sulfonamides is 1. The van der Waals surface area contributed by atoms with Crippen LogP contribution in [-0.4, -0.2) is 28.4 Å². The zero-order chi connectivity index (χ0) is 22.0. The molecule has 1 aliphatic carbocycles. The quantitative estimate of drug-likeness (QED) is 0.463. The van der Waals surface area contributed by atoms with Gasteiger partial charge < -0.3 is 5.32 Å². The largest absolute Gasteiger partial charge is 0.339 e. The van der Waals surface area contributed by atoms with Crippen LogP contribution in [0.2, 0.25) is 0 Å². The topological polar surface area (TPSA) is 102 Å². The van der Waals surface area contributed by atoms with Crippen LogP contribution in [0.5, 0.6) is 0 Å². The number of benzene rings is 2. The molecular weight excluding hydrogens is 424 g/mol. The maximum Gasteiger partial charge on any atom is 0.261 e. The Balaban J connectivity index is 1.26. The third-order valence-electron chi connectivity index (χ3n) is 5.43. The van der Waals surface area contributed by atoms with Gasteiger partial charge in [0.2, 0.25) is 0 Å². The monoisotopic (exact) mass is 446 g/mol. The Hall–Kier alpha value is -3.72. The molecule has 0 aliphatic heterocycles. The van der Waals surface area contributed by atoms with Crippen molar-refractivity contribution in [1.29, 1.82) is 0 Å². The van der Waals surface area contributed by atoms with Crippen LogP contribution in [0.4, 0.5) is 17.2 Å². The minimum absolute atomic E-state index is 0.299. The van der Waals surface area contributed by atoms with Crippen LogP contribution in [0.25, 0.3) is 5.82 Å². The standard InChI is InChI=1S/C23H22N6O2S/c30-32(31,21-11-6-17-4-1-2-5-18(17)16-21)28-20-9-7-19(8-10-20)25-22-12-13-23(27-26-22)29-15-3-14-24-29/h3,6-16,28H,1-2,4-5H2,(H,25,26). The van der Waals surface area contributed by atoms with Gasteiger partial charge in [-0.3, -0.25) is 4.72 Å². The molecule has 0 radical (unpaired) electrons. The Morgan fingerprint density at radius 1 is 0.844 bits per heavy atom. The third-order valence-corrected chi connectivity index (χ3v) is 6.81. The lowest BCUT2D eigenvalue weighted by Gasteiger charge is -2.17. The van der Waals surface area contributed by atoms with E-state index in [1.54, 1.807) is 59.5 Å². The SMILES string of the molecule is O=S(=O)(Nc1ccc(Nc2ccc(-n3cccn3)nn2)cc1)c1ccc2c(c1)CCCC2. The van der Waals surface area contributed by atoms with E-state index >= 15 is 0 Å². The average Bonchev–Trinajstić information content (AvgIpc) is 3.35. The zero-order valence-corrected chi connectivity index (χ0v) is 18.1. The number of aryl methyl sites for hydroxylation is 2. The summed E-state index contributed by atoms with van der Waals surface area (Å²) in [7, 11) is -3.65.